The van der Waals surface area contributed by atoms with E-state index in [9.17, 15) is 9.59 Å². The first-order valence-electron chi connectivity index (χ1n) is 8.83. The minimum atomic E-state index is -0.199. The van der Waals surface area contributed by atoms with E-state index in [1.165, 1.54) is 6.20 Å². The van der Waals surface area contributed by atoms with E-state index in [-0.39, 0.29) is 28.5 Å². The highest BCUT2D eigenvalue weighted by Gasteiger charge is 2.30. The Labute approximate surface area is 152 Å². The van der Waals surface area contributed by atoms with Gasteiger partial charge in [-0.25, -0.2) is 9.97 Å². The van der Waals surface area contributed by atoms with E-state index in [4.69, 9.17) is 16.3 Å². The van der Waals surface area contributed by atoms with E-state index < -0.39 is 0 Å². The number of ether oxygens (including phenoxy) is 1. The predicted molar refractivity (Wildman–Crippen MR) is 93.7 cm³/mol. The maximum Gasteiger partial charge on any atom is 0.309 e. The number of anilines is 1. The number of carbonyl (C=O) groups is 2. The molecule has 3 heterocycles. The number of hydrogen-bond acceptors (Lipinski definition) is 6. The van der Waals surface area contributed by atoms with E-state index in [2.05, 4.69) is 14.9 Å². The van der Waals surface area contributed by atoms with E-state index >= 15 is 0 Å². The van der Waals surface area contributed by atoms with Crippen molar-refractivity contribution < 1.29 is 14.3 Å². The van der Waals surface area contributed by atoms with Crippen LogP contribution < -0.4 is 4.90 Å². The van der Waals surface area contributed by atoms with Crippen LogP contribution in [0, 0.1) is 5.92 Å². The molecule has 0 atom stereocenters. The summed E-state index contributed by atoms with van der Waals surface area (Å²) in [4.78, 5) is 37.1. The Bertz CT molecular complexity index is 641. The molecular weight excluding hydrogens is 344 g/mol. The largest absolute Gasteiger partial charge is 0.466 e. The lowest BCUT2D eigenvalue weighted by Gasteiger charge is -2.31. The lowest BCUT2D eigenvalue weighted by Crippen LogP contribution is -2.41. The summed E-state index contributed by atoms with van der Waals surface area (Å²) in [5, 5.41) is 0.264. The van der Waals surface area contributed by atoms with Crippen LogP contribution in [-0.2, 0) is 9.53 Å². The van der Waals surface area contributed by atoms with Gasteiger partial charge in [0.25, 0.3) is 5.91 Å². The number of hydrogen-bond donors (Lipinski definition) is 0. The molecule has 0 spiro atoms. The average molecular weight is 367 g/mol. The zero-order valence-electron chi connectivity index (χ0n) is 14.4. The molecule has 1 aromatic heterocycles. The Hall–Kier alpha value is -1.89. The zero-order chi connectivity index (χ0) is 17.8. The molecule has 8 heteroatoms. The van der Waals surface area contributed by atoms with Crippen molar-refractivity contribution in [1.82, 2.24) is 14.9 Å². The molecule has 3 rings (SSSR count). The van der Waals surface area contributed by atoms with Gasteiger partial charge in [-0.05, 0) is 32.6 Å². The molecule has 0 aromatic carbocycles. The van der Waals surface area contributed by atoms with Gasteiger partial charge in [0.05, 0.1) is 23.7 Å². The van der Waals surface area contributed by atoms with Gasteiger partial charge in [0.2, 0.25) is 5.95 Å². The number of amides is 1. The van der Waals surface area contributed by atoms with Gasteiger partial charge in [0, 0.05) is 26.2 Å². The van der Waals surface area contributed by atoms with Crippen molar-refractivity contribution in [3.63, 3.8) is 0 Å². The first-order chi connectivity index (χ1) is 12.1. The highest BCUT2D eigenvalue weighted by atomic mass is 35.5. The number of esters is 1. The van der Waals surface area contributed by atoms with Gasteiger partial charge >= 0.3 is 5.97 Å². The number of halogens is 1. The van der Waals surface area contributed by atoms with Gasteiger partial charge in [0.15, 0.2) is 5.69 Å². The first kappa shape index (κ1) is 17.9. The van der Waals surface area contributed by atoms with Crippen molar-refractivity contribution in [3.05, 3.63) is 16.9 Å². The van der Waals surface area contributed by atoms with Gasteiger partial charge < -0.3 is 14.5 Å². The molecule has 2 saturated heterocycles. The van der Waals surface area contributed by atoms with Crippen molar-refractivity contribution in [2.75, 3.05) is 37.7 Å². The van der Waals surface area contributed by atoms with Crippen LogP contribution in [0.3, 0.4) is 0 Å². The number of rotatable bonds is 4. The van der Waals surface area contributed by atoms with Crippen molar-refractivity contribution in [3.8, 4) is 0 Å². The molecule has 0 bridgehead atoms. The fourth-order valence-corrected chi connectivity index (χ4v) is 3.48. The lowest BCUT2D eigenvalue weighted by molar-refractivity contribution is -0.149. The van der Waals surface area contributed by atoms with Gasteiger partial charge in [-0.1, -0.05) is 11.6 Å². The monoisotopic (exact) mass is 366 g/mol. The second kappa shape index (κ2) is 7.99. The lowest BCUT2D eigenvalue weighted by atomic mass is 9.97. The van der Waals surface area contributed by atoms with Crippen LogP contribution in [0.1, 0.15) is 43.1 Å². The molecule has 2 aliphatic heterocycles. The maximum atomic E-state index is 12.8. The summed E-state index contributed by atoms with van der Waals surface area (Å²) in [5.74, 6) is 0.0536. The smallest absolute Gasteiger partial charge is 0.309 e. The highest BCUT2D eigenvalue weighted by Crippen LogP contribution is 2.24. The molecule has 25 heavy (non-hydrogen) atoms. The van der Waals surface area contributed by atoms with Gasteiger partial charge in [-0.2, -0.15) is 0 Å². The number of likely N-dealkylation sites (tertiary alicyclic amines) is 1. The number of carbonyl (C=O) groups excluding carboxylic acids is 2. The third-order valence-corrected chi connectivity index (χ3v) is 5.00. The summed E-state index contributed by atoms with van der Waals surface area (Å²) in [5.41, 5.74) is 0.244. The van der Waals surface area contributed by atoms with Crippen LogP contribution in [0.25, 0.3) is 0 Å². The van der Waals surface area contributed by atoms with Gasteiger partial charge in [-0.15, -0.1) is 0 Å². The van der Waals surface area contributed by atoms with Crippen LogP contribution in [0.4, 0.5) is 5.95 Å². The van der Waals surface area contributed by atoms with E-state index in [1.54, 1.807) is 11.8 Å². The second-order valence-electron chi connectivity index (χ2n) is 6.38. The summed E-state index contributed by atoms with van der Waals surface area (Å²) < 4.78 is 5.06. The minimum Gasteiger partial charge on any atom is -0.466 e. The van der Waals surface area contributed by atoms with E-state index in [1.807, 2.05) is 0 Å². The van der Waals surface area contributed by atoms with E-state index in [0.717, 1.165) is 25.9 Å². The Kier molecular flexibility index (Phi) is 5.73. The average Bonchev–Trinajstić information content (AvgIpc) is 3.16. The third kappa shape index (κ3) is 4.03. The van der Waals surface area contributed by atoms with Gasteiger partial charge in [-0.3, -0.25) is 9.59 Å². The second-order valence-corrected chi connectivity index (χ2v) is 6.79. The summed E-state index contributed by atoms with van der Waals surface area (Å²) in [7, 11) is 0. The minimum absolute atomic E-state index is 0.134. The predicted octanol–water partition coefficient (Wildman–Crippen LogP) is 2.15. The summed E-state index contributed by atoms with van der Waals surface area (Å²) in [6, 6.07) is 0. The molecular formula is C17H23ClN4O3. The molecule has 1 aromatic rings. The van der Waals surface area contributed by atoms with Crippen LogP contribution in [0.15, 0.2) is 6.20 Å². The van der Waals surface area contributed by atoms with Crippen molar-refractivity contribution in [2.45, 2.75) is 32.6 Å². The molecule has 0 radical (unpaired) electrons. The molecule has 1 amide bonds. The Morgan fingerprint density at radius 3 is 2.56 bits per heavy atom. The molecule has 0 unspecified atom stereocenters. The summed E-state index contributed by atoms with van der Waals surface area (Å²) in [6.45, 7) is 4.99. The van der Waals surface area contributed by atoms with E-state index in [0.29, 0.717) is 38.5 Å². The fraction of sp³-hybridized carbons (Fsp3) is 0.647. The highest BCUT2D eigenvalue weighted by molar-refractivity contribution is 6.33. The summed E-state index contributed by atoms with van der Waals surface area (Å²) >= 11 is 6.17. The van der Waals surface area contributed by atoms with Crippen LogP contribution in [0.2, 0.25) is 5.02 Å². The number of piperidine rings is 1. The Morgan fingerprint density at radius 1 is 1.24 bits per heavy atom. The molecule has 0 saturated carbocycles. The molecule has 7 nitrogen and oxygen atoms in total. The zero-order valence-corrected chi connectivity index (χ0v) is 15.2. The number of aromatic nitrogens is 2. The quantitative estimate of drug-likeness (QED) is 0.760. The first-order valence-corrected chi connectivity index (χ1v) is 9.21. The fourth-order valence-electron chi connectivity index (χ4n) is 3.31. The topological polar surface area (TPSA) is 75.6 Å². The molecule has 0 N–H and O–H groups in total. The normalized spacial score (nSPS) is 18.5. The van der Waals surface area contributed by atoms with Crippen molar-refractivity contribution >= 4 is 29.4 Å². The SMILES string of the molecule is CCOC(=O)C1CCN(C(=O)c2nc(N3CCCC3)ncc2Cl)CC1. The van der Waals surface area contributed by atoms with Crippen molar-refractivity contribution in [1.29, 1.82) is 0 Å². The Balaban J connectivity index is 1.67. The molecule has 0 aliphatic carbocycles. The third-order valence-electron chi connectivity index (χ3n) is 4.72. The standard InChI is InChI=1S/C17H23ClN4O3/c1-2-25-16(24)12-5-9-21(10-6-12)15(23)14-13(18)11-19-17(20-14)22-7-3-4-8-22/h11-12H,2-10H2,1H3. The van der Waals surface area contributed by atoms with Crippen LogP contribution >= 0.6 is 11.6 Å². The number of nitrogens with zero attached hydrogens (tertiary/aromatic N) is 4. The maximum absolute atomic E-state index is 12.8. The van der Waals surface area contributed by atoms with Crippen LogP contribution in [0.5, 0.6) is 0 Å². The van der Waals surface area contributed by atoms with Crippen molar-refractivity contribution in [2.24, 2.45) is 5.92 Å². The summed E-state index contributed by atoms with van der Waals surface area (Å²) in [6.07, 6.45) is 4.92. The van der Waals surface area contributed by atoms with Crippen LogP contribution in [-0.4, -0.2) is 59.5 Å². The van der Waals surface area contributed by atoms with Gasteiger partial charge in [0.1, 0.15) is 0 Å². The molecule has 2 aliphatic rings. The molecule has 2 fully saturated rings. The Morgan fingerprint density at radius 2 is 1.92 bits per heavy atom. The molecule has 136 valence electrons.